The lowest BCUT2D eigenvalue weighted by atomic mass is 10.0. The monoisotopic (exact) mass is 277 g/mol. The zero-order valence-corrected chi connectivity index (χ0v) is 12.0. The van der Waals surface area contributed by atoms with E-state index in [0.29, 0.717) is 18.9 Å². The Morgan fingerprint density at radius 1 is 1.37 bits per heavy atom. The Morgan fingerprint density at radius 3 is 2.79 bits per heavy atom. The lowest BCUT2D eigenvalue weighted by molar-refractivity contribution is -0.140. The van der Waals surface area contributed by atoms with Crippen molar-refractivity contribution in [1.82, 2.24) is 5.32 Å². The summed E-state index contributed by atoms with van der Waals surface area (Å²) in [5.41, 5.74) is 1.18. The summed E-state index contributed by atoms with van der Waals surface area (Å²) in [6.45, 7) is 4.68. The third-order valence-corrected chi connectivity index (χ3v) is 4.12. The van der Waals surface area contributed by atoms with Gasteiger partial charge in [0.15, 0.2) is 0 Å². The van der Waals surface area contributed by atoms with Crippen molar-refractivity contribution in [3.05, 3.63) is 35.2 Å². The van der Waals surface area contributed by atoms with E-state index in [1.165, 1.54) is 15.6 Å². The molecule has 19 heavy (non-hydrogen) atoms. The van der Waals surface area contributed by atoms with Gasteiger partial charge in [-0.15, -0.1) is 11.3 Å². The highest BCUT2D eigenvalue weighted by Gasteiger charge is 2.18. The highest BCUT2D eigenvalue weighted by molar-refractivity contribution is 7.17. The first kappa shape index (κ1) is 14.0. The Bertz CT molecular complexity index is 562. The molecule has 0 saturated heterocycles. The van der Waals surface area contributed by atoms with Crippen molar-refractivity contribution < 1.29 is 9.90 Å². The summed E-state index contributed by atoms with van der Waals surface area (Å²) in [7, 11) is 0. The molecule has 0 fully saturated rings. The second kappa shape index (κ2) is 6.17. The molecule has 2 rings (SSSR count). The van der Waals surface area contributed by atoms with Crippen LogP contribution in [-0.2, 0) is 11.3 Å². The Balaban J connectivity index is 2.06. The molecule has 0 saturated carbocycles. The van der Waals surface area contributed by atoms with Gasteiger partial charge in [0, 0.05) is 11.2 Å². The Hall–Kier alpha value is -1.39. The number of thiophene rings is 1. The quantitative estimate of drug-likeness (QED) is 0.849. The zero-order chi connectivity index (χ0) is 13.8. The summed E-state index contributed by atoms with van der Waals surface area (Å²) >= 11 is 1.70. The van der Waals surface area contributed by atoms with Crippen LogP contribution in [-0.4, -0.2) is 17.1 Å². The number of carbonyl (C=O) groups is 1. The number of carboxylic acids is 1. The fourth-order valence-electron chi connectivity index (χ4n) is 2.15. The van der Waals surface area contributed by atoms with Crippen LogP contribution in [0.15, 0.2) is 29.6 Å². The van der Waals surface area contributed by atoms with Crippen LogP contribution in [0.25, 0.3) is 10.1 Å². The van der Waals surface area contributed by atoms with Crippen LogP contribution in [0.4, 0.5) is 0 Å². The summed E-state index contributed by atoms with van der Waals surface area (Å²) in [4.78, 5) is 11.2. The standard InChI is InChI=1S/C15H19NO2S/c1-10(2)7-13(15(17)18)16-8-11-9-19-14-6-4-3-5-12(11)14/h3-6,9-10,13,16H,7-8H2,1-2H3,(H,17,18)/t13-/m0/s1. The molecule has 0 amide bonds. The molecule has 2 aromatic rings. The van der Waals surface area contributed by atoms with Crippen molar-refractivity contribution in [1.29, 1.82) is 0 Å². The normalized spacial score (nSPS) is 13.0. The van der Waals surface area contributed by atoms with E-state index in [9.17, 15) is 9.90 Å². The molecule has 4 heteroatoms. The average Bonchev–Trinajstić information content (AvgIpc) is 2.77. The molecule has 0 aliphatic carbocycles. The van der Waals surface area contributed by atoms with Crippen molar-refractivity contribution in [3.63, 3.8) is 0 Å². The highest BCUT2D eigenvalue weighted by atomic mass is 32.1. The molecular weight excluding hydrogens is 258 g/mol. The summed E-state index contributed by atoms with van der Waals surface area (Å²) in [5, 5.41) is 15.7. The molecule has 0 bridgehead atoms. The second-order valence-corrected chi connectivity index (χ2v) is 6.07. The van der Waals surface area contributed by atoms with Gasteiger partial charge in [0.05, 0.1) is 0 Å². The minimum Gasteiger partial charge on any atom is -0.480 e. The minimum atomic E-state index is -0.770. The molecule has 0 spiro atoms. The van der Waals surface area contributed by atoms with Crippen LogP contribution in [0.1, 0.15) is 25.8 Å². The first-order chi connectivity index (χ1) is 9.08. The molecule has 3 nitrogen and oxygen atoms in total. The van der Waals surface area contributed by atoms with Crippen LogP contribution in [0.5, 0.6) is 0 Å². The topological polar surface area (TPSA) is 49.3 Å². The van der Waals surface area contributed by atoms with Crippen molar-refractivity contribution in [3.8, 4) is 0 Å². The van der Waals surface area contributed by atoms with E-state index in [4.69, 9.17) is 0 Å². The van der Waals surface area contributed by atoms with E-state index in [1.807, 2.05) is 26.0 Å². The molecule has 1 atom stereocenters. The lowest BCUT2D eigenvalue weighted by Gasteiger charge is -2.16. The zero-order valence-electron chi connectivity index (χ0n) is 11.2. The number of carboxylic acid groups (broad SMARTS) is 1. The minimum absolute atomic E-state index is 0.368. The van der Waals surface area contributed by atoms with E-state index >= 15 is 0 Å². The predicted molar refractivity (Wildman–Crippen MR) is 79.5 cm³/mol. The predicted octanol–water partition coefficient (Wildman–Crippen LogP) is 3.49. The maximum atomic E-state index is 11.2. The molecule has 102 valence electrons. The van der Waals surface area contributed by atoms with Crippen LogP contribution >= 0.6 is 11.3 Å². The Labute approximate surface area is 117 Å². The van der Waals surface area contributed by atoms with Gasteiger partial charge in [-0.1, -0.05) is 32.0 Å². The maximum absolute atomic E-state index is 11.2. The second-order valence-electron chi connectivity index (χ2n) is 5.16. The number of hydrogen-bond donors (Lipinski definition) is 2. The van der Waals surface area contributed by atoms with Crippen molar-refractivity contribution in [2.75, 3.05) is 0 Å². The van der Waals surface area contributed by atoms with E-state index in [0.717, 1.165) is 0 Å². The van der Waals surface area contributed by atoms with Crippen molar-refractivity contribution in [2.45, 2.75) is 32.9 Å². The van der Waals surface area contributed by atoms with Crippen LogP contribution in [0.2, 0.25) is 0 Å². The average molecular weight is 277 g/mol. The number of nitrogens with one attached hydrogen (secondary N) is 1. The molecule has 0 radical (unpaired) electrons. The van der Waals surface area contributed by atoms with Gasteiger partial charge < -0.3 is 10.4 Å². The van der Waals surface area contributed by atoms with E-state index < -0.39 is 12.0 Å². The molecule has 1 aromatic carbocycles. The van der Waals surface area contributed by atoms with Crippen LogP contribution < -0.4 is 5.32 Å². The lowest BCUT2D eigenvalue weighted by Crippen LogP contribution is -2.37. The third-order valence-electron chi connectivity index (χ3n) is 3.11. The van der Waals surface area contributed by atoms with Gasteiger partial charge in [-0.05, 0) is 34.7 Å². The number of benzene rings is 1. The van der Waals surface area contributed by atoms with Gasteiger partial charge in [-0.25, -0.2) is 0 Å². The molecule has 1 heterocycles. The van der Waals surface area contributed by atoms with Gasteiger partial charge in [-0.2, -0.15) is 0 Å². The highest BCUT2D eigenvalue weighted by Crippen LogP contribution is 2.25. The SMILES string of the molecule is CC(C)C[C@H](NCc1csc2ccccc12)C(=O)O. The molecule has 1 aromatic heterocycles. The molecule has 2 N–H and O–H groups in total. The van der Waals surface area contributed by atoms with Gasteiger partial charge >= 0.3 is 5.97 Å². The van der Waals surface area contributed by atoms with E-state index in [1.54, 1.807) is 11.3 Å². The fourth-order valence-corrected chi connectivity index (χ4v) is 3.11. The first-order valence-electron chi connectivity index (χ1n) is 6.49. The van der Waals surface area contributed by atoms with Crippen molar-refractivity contribution >= 4 is 27.4 Å². The van der Waals surface area contributed by atoms with E-state index in [2.05, 4.69) is 22.8 Å². The van der Waals surface area contributed by atoms with Gasteiger partial charge in [-0.3, -0.25) is 4.79 Å². The smallest absolute Gasteiger partial charge is 0.320 e. The van der Waals surface area contributed by atoms with Crippen LogP contribution in [0.3, 0.4) is 0 Å². The van der Waals surface area contributed by atoms with Crippen molar-refractivity contribution in [2.24, 2.45) is 5.92 Å². The summed E-state index contributed by atoms with van der Waals surface area (Å²) in [6.07, 6.45) is 0.650. The van der Waals surface area contributed by atoms with E-state index in [-0.39, 0.29) is 0 Å². The number of fused-ring (bicyclic) bond motifs is 1. The Morgan fingerprint density at radius 2 is 2.11 bits per heavy atom. The maximum Gasteiger partial charge on any atom is 0.320 e. The van der Waals surface area contributed by atoms with Crippen LogP contribution in [0, 0.1) is 5.92 Å². The number of aliphatic carboxylic acids is 1. The fraction of sp³-hybridized carbons (Fsp3) is 0.400. The Kier molecular flexibility index (Phi) is 4.56. The van der Waals surface area contributed by atoms with Gasteiger partial charge in [0.2, 0.25) is 0 Å². The van der Waals surface area contributed by atoms with Gasteiger partial charge in [0.1, 0.15) is 6.04 Å². The molecule has 0 unspecified atom stereocenters. The summed E-state index contributed by atoms with van der Waals surface area (Å²) in [6, 6.07) is 7.74. The summed E-state index contributed by atoms with van der Waals surface area (Å²) in [5.74, 6) is -0.402. The first-order valence-corrected chi connectivity index (χ1v) is 7.37. The van der Waals surface area contributed by atoms with Gasteiger partial charge in [0.25, 0.3) is 0 Å². The largest absolute Gasteiger partial charge is 0.480 e. The molecular formula is C15H19NO2S. The molecule has 0 aliphatic heterocycles. The summed E-state index contributed by atoms with van der Waals surface area (Å²) < 4.78 is 1.25. The number of hydrogen-bond acceptors (Lipinski definition) is 3. The number of rotatable bonds is 6. The third kappa shape index (κ3) is 3.55. The molecule has 0 aliphatic rings.